The van der Waals surface area contributed by atoms with Crippen LogP contribution in [0.4, 0.5) is 0 Å². The van der Waals surface area contributed by atoms with E-state index >= 15 is 0 Å². The molecule has 118 valence electrons. The van der Waals surface area contributed by atoms with Gasteiger partial charge in [0.15, 0.2) is 12.0 Å². The molecule has 0 N–H and O–H groups in total. The summed E-state index contributed by atoms with van der Waals surface area (Å²) in [6.07, 6.45) is 0.894. The normalized spacial score (nSPS) is 14.7. The summed E-state index contributed by atoms with van der Waals surface area (Å²) in [5, 5.41) is 0. The van der Waals surface area contributed by atoms with E-state index in [4.69, 9.17) is 9.47 Å². The van der Waals surface area contributed by atoms with E-state index in [1.165, 1.54) is 5.56 Å². The summed E-state index contributed by atoms with van der Waals surface area (Å²) in [5.74, 6) is 1.78. The Morgan fingerprint density at radius 1 is 1.10 bits per heavy atom. The summed E-state index contributed by atoms with van der Waals surface area (Å²) in [4.78, 5) is 0. The Kier molecular flexibility index (Phi) is 6.55. The lowest BCUT2D eigenvalue weighted by Gasteiger charge is -2.28. The summed E-state index contributed by atoms with van der Waals surface area (Å²) in [5.41, 5.74) is 1.53. The molecule has 0 aliphatic heterocycles. The maximum atomic E-state index is 5.64. The quantitative estimate of drug-likeness (QED) is 0.641. The van der Waals surface area contributed by atoms with Crippen molar-refractivity contribution in [3.05, 3.63) is 29.8 Å². The third kappa shape index (κ3) is 6.40. The standard InChI is InChI=1S/C19H30O2/c1-8-20-15(4)21-17-11-9-16(10-12-17)18(14(2)3)13-19(5,6)7/h9,11,14-15,18H,8,13H2,1-7H3. The highest BCUT2D eigenvalue weighted by Crippen LogP contribution is 2.35. The molecule has 0 saturated heterocycles. The molecule has 0 aliphatic carbocycles. The van der Waals surface area contributed by atoms with Crippen LogP contribution in [0.3, 0.4) is 0 Å². The Balaban J connectivity index is 2.78. The number of ether oxygens (including phenoxy) is 2. The molecule has 0 heterocycles. The van der Waals surface area contributed by atoms with Crippen molar-refractivity contribution >= 4 is 0 Å². The van der Waals surface area contributed by atoms with Crippen molar-refractivity contribution in [3.8, 4) is 5.75 Å². The Bertz CT molecular complexity index is 401. The van der Waals surface area contributed by atoms with Crippen LogP contribution in [-0.2, 0) is 4.74 Å². The smallest absolute Gasteiger partial charge is 0.197 e. The number of hydrogen-bond acceptors (Lipinski definition) is 2. The van der Waals surface area contributed by atoms with E-state index < -0.39 is 0 Å². The fraction of sp³-hybridized carbons (Fsp3) is 0.684. The van der Waals surface area contributed by atoms with Gasteiger partial charge in [0, 0.05) is 12.2 Å². The predicted molar refractivity (Wildman–Crippen MR) is 87.5 cm³/mol. The van der Waals surface area contributed by atoms with Crippen molar-refractivity contribution in [1.29, 1.82) is 0 Å². The Morgan fingerprint density at radius 3 is 2.19 bits per heavy atom. The van der Waals surface area contributed by atoms with Crippen LogP contribution in [0.25, 0.3) is 0 Å². The van der Waals surface area contributed by atoms with E-state index in [2.05, 4.69) is 52.8 Å². The molecule has 0 fully saturated rings. The molecule has 1 aromatic carbocycles. The van der Waals surface area contributed by atoms with Gasteiger partial charge in [-0.2, -0.15) is 0 Å². The first kappa shape index (κ1) is 17.9. The number of rotatable bonds is 7. The molecule has 2 unspecified atom stereocenters. The topological polar surface area (TPSA) is 18.5 Å². The molecule has 0 aromatic heterocycles. The first-order chi connectivity index (χ1) is 9.73. The zero-order valence-corrected chi connectivity index (χ0v) is 14.6. The van der Waals surface area contributed by atoms with Crippen LogP contribution in [-0.4, -0.2) is 12.9 Å². The van der Waals surface area contributed by atoms with Gasteiger partial charge in [0.05, 0.1) is 0 Å². The largest absolute Gasteiger partial charge is 0.457 e. The van der Waals surface area contributed by atoms with Crippen molar-refractivity contribution in [2.45, 2.75) is 67.1 Å². The molecular weight excluding hydrogens is 260 g/mol. The lowest BCUT2D eigenvalue weighted by atomic mass is 9.77. The zero-order valence-electron chi connectivity index (χ0n) is 14.6. The fourth-order valence-corrected chi connectivity index (χ4v) is 2.48. The van der Waals surface area contributed by atoms with Gasteiger partial charge in [0.2, 0.25) is 0 Å². The number of hydrogen-bond donors (Lipinski definition) is 0. The van der Waals surface area contributed by atoms with Gasteiger partial charge >= 0.3 is 0 Å². The highest BCUT2D eigenvalue weighted by molar-refractivity contribution is 5.23. The van der Waals surface area contributed by atoms with E-state index in [0.29, 0.717) is 29.6 Å². The molecule has 0 amide bonds. The predicted octanol–water partition coefficient (Wildman–Crippen LogP) is 5.22. The van der Waals surface area contributed by atoms with E-state index in [0.717, 1.165) is 6.42 Å². The Morgan fingerprint density at radius 2 is 1.76 bits per heavy atom. The van der Waals surface area contributed by atoms with E-state index in [9.17, 15) is 0 Å². The average Bonchev–Trinajstić information content (AvgIpc) is 2.36. The summed E-state index contributed by atoms with van der Waals surface area (Å²) < 4.78 is 11.0. The molecule has 0 radical (unpaired) electrons. The molecule has 1 aromatic rings. The Labute approximate surface area is 130 Å². The van der Waals surface area contributed by atoms with Crippen molar-refractivity contribution in [2.75, 3.05) is 6.61 Å². The van der Waals surface area contributed by atoms with E-state index in [-0.39, 0.29) is 6.29 Å². The first-order valence-electron chi connectivity index (χ1n) is 7.95. The summed E-state index contributed by atoms with van der Waals surface area (Å²) >= 11 is 0. The van der Waals surface area contributed by atoms with Crippen LogP contribution < -0.4 is 4.74 Å². The van der Waals surface area contributed by atoms with Crippen LogP contribution >= 0.6 is 0 Å². The second-order valence-corrected chi connectivity index (χ2v) is 7.16. The minimum absolute atomic E-state index is 0.249. The van der Waals surface area contributed by atoms with Gasteiger partial charge < -0.3 is 9.47 Å². The van der Waals surface area contributed by atoms with Gasteiger partial charge in [0.25, 0.3) is 0 Å². The molecular formula is C19H30O2. The highest BCUT2D eigenvalue weighted by Gasteiger charge is 2.23. The Hall–Kier alpha value is -1.20. The summed E-state index contributed by atoms with van der Waals surface area (Å²) in [6.45, 7) is 15.9. The van der Waals surface area contributed by atoms with Gasteiger partial charge in [-0.15, -0.1) is 0 Å². The lowest BCUT2D eigenvalue weighted by molar-refractivity contribution is -0.0613. The van der Waals surface area contributed by atoms with Crippen molar-refractivity contribution in [3.63, 3.8) is 0 Å². The second kappa shape index (κ2) is 7.71. The van der Waals surface area contributed by atoms with Gasteiger partial charge in [-0.3, -0.25) is 0 Å². The van der Waals surface area contributed by atoms with Crippen molar-refractivity contribution in [1.82, 2.24) is 0 Å². The SMILES string of the molecule is CCOC(C)Oc1c#cc(C(CC(C)(C)C)C(C)C)cc1. The summed E-state index contributed by atoms with van der Waals surface area (Å²) in [6, 6.07) is 10.5. The van der Waals surface area contributed by atoms with E-state index in [1.54, 1.807) is 0 Å². The maximum Gasteiger partial charge on any atom is 0.197 e. The van der Waals surface area contributed by atoms with Crippen LogP contribution in [0.2, 0.25) is 0 Å². The van der Waals surface area contributed by atoms with Gasteiger partial charge in [0.1, 0.15) is 0 Å². The minimum atomic E-state index is -0.249. The molecule has 2 nitrogen and oxygen atoms in total. The van der Waals surface area contributed by atoms with Gasteiger partial charge in [-0.1, -0.05) is 40.7 Å². The lowest BCUT2D eigenvalue weighted by Crippen LogP contribution is -2.17. The molecule has 0 spiro atoms. The van der Waals surface area contributed by atoms with Crippen LogP contribution in [0.5, 0.6) is 5.75 Å². The van der Waals surface area contributed by atoms with E-state index in [1.807, 2.05) is 19.9 Å². The first-order valence-corrected chi connectivity index (χ1v) is 7.95. The molecule has 1 rings (SSSR count). The minimum Gasteiger partial charge on any atom is -0.457 e. The molecule has 21 heavy (non-hydrogen) atoms. The monoisotopic (exact) mass is 290 g/mol. The van der Waals surface area contributed by atoms with Gasteiger partial charge in [-0.25, -0.2) is 0 Å². The van der Waals surface area contributed by atoms with Crippen molar-refractivity contribution < 1.29 is 9.47 Å². The molecule has 2 atom stereocenters. The third-order valence-corrected chi connectivity index (χ3v) is 3.48. The highest BCUT2D eigenvalue weighted by atomic mass is 16.7. The average molecular weight is 290 g/mol. The molecule has 0 saturated carbocycles. The zero-order chi connectivity index (χ0) is 16.0. The van der Waals surface area contributed by atoms with Gasteiger partial charge in [-0.05, 0) is 55.7 Å². The fourth-order valence-electron chi connectivity index (χ4n) is 2.48. The van der Waals surface area contributed by atoms with Crippen LogP contribution in [0.15, 0.2) is 12.1 Å². The molecule has 0 bridgehead atoms. The second-order valence-electron chi connectivity index (χ2n) is 7.16. The van der Waals surface area contributed by atoms with Crippen LogP contribution in [0, 0.1) is 23.5 Å². The maximum absolute atomic E-state index is 5.64. The summed E-state index contributed by atoms with van der Waals surface area (Å²) in [7, 11) is 0. The molecule has 2 heteroatoms. The van der Waals surface area contributed by atoms with Crippen LogP contribution in [0.1, 0.15) is 66.4 Å². The molecule has 0 aliphatic rings. The van der Waals surface area contributed by atoms with Crippen molar-refractivity contribution in [2.24, 2.45) is 11.3 Å². The third-order valence-electron chi connectivity index (χ3n) is 3.48.